The highest BCUT2D eigenvalue weighted by atomic mass is 35.5. The zero-order valence-electron chi connectivity index (χ0n) is 12.4. The molecule has 0 bridgehead atoms. The maximum absolute atomic E-state index is 11.3. The maximum atomic E-state index is 11.3. The van der Waals surface area contributed by atoms with Crippen LogP contribution in [0, 0.1) is 53.0 Å². The number of nitro benzene ring substituents is 3. The summed E-state index contributed by atoms with van der Waals surface area (Å²) in [6.45, 7) is 0. The minimum Gasteiger partial charge on any atom is -0.258 e. The lowest BCUT2D eigenvalue weighted by Gasteiger charge is -2.09. The summed E-state index contributed by atoms with van der Waals surface area (Å²) in [6, 6.07) is 6.36. The molecular formula is C14H4ClN5O6. The van der Waals surface area contributed by atoms with Crippen LogP contribution < -0.4 is 0 Å². The third kappa shape index (κ3) is 3.10. The highest BCUT2D eigenvalue weighted by Crippen LogP contribution is 2.44. The summed E-state index contributed by atoms with van der Waals surface area (Å²) in [5, 5.41) is 51.9. The number of nitrogens with zero attached hydrogens (tertiary/aromatic N) is 5. The van der Waals surface area contributed by atoms with Gasteiger partial charge in [-0.2, -0.15) is 10.5 Å². The zero-order chi connectivity index (χ0) is 19.6. The Morgan fingerprint density at radius 2 is 1.19 bits per heavy atom. The van der Waals surface area contributed by atoms with Gasteiger partial charge in [0.05, 0.1) is 30.9 Å². The van der Waals surface area contributed by atoms with Crippen molar-refractivity contribution >= 4 is 28.7 Å². The predicted octanol–water partition coefficient (Wildman–Crippen LogP) is 3.47. The Balaban J connectivity index is 3.09. The van der Waals surface area contributed by atoms with Crippen molar-refractivity contribution in [1.82, 2.24) is 0 Å². The molecule has 0 amide bonds. The van der Waals surface area contributed by atoms with Crippen molar-refractivity contribution in [2.75, 3.05) is 0 Å². The third-order valence-corrected chi connectivity index (χ3v) is 3.50. The Morgan fingerprint density at radius 1 is 0.769 bits per heavy atom. The van der Waals surface area contributed by atoms with Crippen LogP contribution >= 0.6 is 11.6 Å². The smallest absolute Gasteiger partial charge is 0.258 e. The Kier molecular flexibility index (Phi) is 4.77. The van der Waals surface area contributed by atoms with Crippen LogP contribution in [0.25, 0.3) is 11.1 Å². The van der Waals surface area contributed by atoms with Crippen molar-refractivity contribution < 1.29 is 14.8 Å². The van der Waals surface area contributed by atoms with Crippen molar-refractivity contribution in [2.24, 2.45) is 0 Å². The molecule has 0 aliphatic heterocycles. The molecule has 128 valence electrons. The molecule has 2 aromatic carbocycles. The van der Waals surface area contributed by atoms with Gasteiger partial charge in [-0.05, 0) is 0 Å². The lowest BCUT2D eigenvalue weighted by Crippen LogP contribution is -2.02. The number of nitro groups is 3. The number of halogens is 1. The number of non-ortho nitro benzene ring substituents is 1. The molecular weight excluding hydrogens is 370 g/mol. The number of benzene rings is 2. The Hall–Kier alpha value is -4.09. The van der Waals surface area contributed by atoms with Crippen LogP contribution in [0.4, 0.5) is 17.1 Å². The standard InChI is InChI=1S/C14H4ClN5O6/c15-9-3-11(19(23)24)14(12(4-9)20(25)26)13-7(5-16)1-10(18(21)22)2-8(13)6-17/h1-4H. The van der Waals surface area contributed by atoms with Crippen molar-refractivity contribution in [3.05, 3.63) is 70.8 Å². The molecule has 0 atom stereocenters. The highest BCUT2D eigenvalue weighted by Gasteiger charge is 2.32. The Bertz CT molecular complexity index is 998. The average molecular weight is 374 g/mol. The van der Waals surface area contributed by atoms with Crippen LogP contribution in [-0.2, 0) is 0 Å². The third-order valence-electron chi connectivity index (χ3n) is 3.28. The van der Waals surface area contributed by atoms with E-state index in [-0.39, 0.29) is 5.02 Å². The molecule has 0 heterocycles. The monoisotopic (exact) mass is 373 g/mol. The van der Waals surface area contributed by atoms with Crippen LogP contribution in [-0.4, -0.2) is 14.8 Å². The first-order chi connectivity index (χ1) is 12.2. The molecule has 0 spiro atoms. The van der Waals surface area contributed by atoms with Gasteiger partial charge in [-0.15, -0.1) is 0 Å². The van der Waals surface area contributed by atoms with E-state index in [0.717, 1.165) is 24.3 Å². The van der Waals surface area contributed by atoms with E-state index in [4.69, 9.17) is 11.6 Å². The van der Waals surface area contributed by atoms with E-state index in [1.807, 2.05) is 0 Å². The topological polar surface area (TPSA) is 177 Å². The number of nitriles is 2. The fraction of sp³-hybridized carbons (Fsp3) is 0. The van der Waals surface area contributed by atoms with Gasteiger partial charge in [0.25, 0.3) is 17.1 Å². The number of rotatable bonds is 4. The fourth-order valence-electron chi connectivity index (χ4n) is 2.30. The van der Waals surface area contributed by atoms with E-state index in [0.29, 0.717) is 0 Å². The van der Waals surface area contributed by atoms with Crippen LogP contribution in [0.2, 0.25) is 5.02 Å². The summed E-state index contributed by atoms with van der Waals surface area (Å²) in [5.41, 5.74) is -4.31. The van der Waals surface area contributed by atoms with Gasteiger partial charge < -0.3 is 0 Å². The summed E-state index contributed by atoms with van der Waals surface area (Å²) in [5.74, 6) is 0. The van der Waals surface area contributed by atoms with Gasteiger partial charge in [-0.3, -0.25) is 30.3 Å². The van der Waals surface area contributed by atoms with E-state index in [1.165, 1.54) is 0 Å². The van der Waals surface area contributed by atoms with E-state index in [9.17, 15) is 40.9 Å². The molecule has 0 saturated heterocycles. The van der Waals surface area contributed by atoms with Gasteiger partial charge in [0, 0.05) is 29.8 Å². The lowest BCUT2D eigenvalue weighted by atomic mass is 9.92. The van der Waals surface area contributed by atoms with Crippen molar-refractivity contribution in [1.29, 1.82) is 10.5 Å². The van der Waals surface area contributed by atoms with E-state index < -0.39 is 54.1 Å². The molecule has 0 N–H and O–H groups in total. The van der Waals surface area contributed by atoms with Crippen LogP contribution in [0.5, 0.6) is 0 Å². The largest absolute Gasteiger partial charge is 0.285 e. The Labute approximate surface area is 148 Å². The van der Waals surface area contributed by atoms with E-state index in [1.54, 1.807) is 12.1 Å². The van der Waals surface area contributed by atoms with Gasteiger partial charge in [-0.1, -0.05) is 11.6 Å². The van der Waals surface area contributed by atoms with Gasteiger partial charge in [0.2, 0.25) is 0 Å². The highest BCUT2D eigenvalue weighted by molar-refractivity contribution is 6.31. The summed E-state index contributed by atoms with van der Waals surface area (Å²) in [4.78, 5) is 30.8. The first kappa shape index (κ1) is 18.3. The van der Waals surface area contributed by atoms with E-state index >= 15 is 0 Å². The van der Waals surface area contributed by atoms with Gasteiger partial charge in [0.1, 0.15) is 17.7 Å². The normalized spacial score (nSPS) is 9.81. The van der Waals surface area contributed by atoms with Crippen molar-refractivity contribution in [3.8, 4) is 23.3 Å². The number of hydrogen-bond acceptors (Lipinski definition) is 8. The summed E-state index contributed by atoms with van der Waals surface area (Å²) in [7, 11) is 0. The molecule has 11 nitrogen and oxygen atoms in total. The van der Waals surface area contributed by atoms with Gasteiger partial charge in [0.15, 0.2) is 0 Å². The number of hydrogen-bond donors (Lipinski definition) is 0. The van der Waals surface area contributed by atoms with Crippen LogP contribution in [0.15, 0.2) is 24.3 Å². The second-order valence-electron chi connectivity index (χ2n) is 4.73. The van der Waals surface area contributed by atoms with Gasteiger partial charge in [-0.25, -0.2) is 0 Å². The second kappa shape index (κ2) is 6.80. The molecule has 26 heavy (non-hydrogen) atoms. The first-order valence-electron chi connectivity index (χ1n) is 6.46. The predicted molar refractivity (Wildman–Crippen MR) is 86.3 cm³/mol. The quantitative estimate of drug-likeness (QED) is 0.577. The molecule has 12 heteroatoms. The molecule has 0 unspecified atom stereocenters. The second-order valence-corrected chi connectivity index (χ2v) is 5.17. The minimum absolute atomic E-state index is 0.300. The molecule has 0 aliphatic rings. The summed E-state index contributed by atoms with van der Waals surface area (Å²) < 4.78 is 0. The summed E-state index contributed by atoms with van der Waals surface area (Å²) in [6.07, 6.45) is 0. The molecule has 2 aromatic rings. The fourth-order valence-corrected chi connectivity index (χ4v) is 2.51. The summed E-state index contributed by atoms with van der Waals surface area (Å²) >= 11 is 5.68. The molecule has 0 aliphatic carbocycles. The lowest BCUT2D eigenvalue weighted by molar-refractivity contribution is -0.392. The SMILES string of the molecule is N#Cc1cc([N+](=O)[O-])cc(C#N)c1-c1c([N+](=O)[O-])cc(Cl)cc1[N+](=O)[O-]. The van der Waals surface area contributed by atoms with E-state index in [2.05, 4.69) is 0 Å². The average Bonchev–Trinajstić information content (AvgIpc) is 2.59. The minimum atomic E-state index is -0.960. The zero-order valence-corrected chi connectivity index (χ0v) is 13.1. The van der Waals surface area contributed by atoms with Crippen LogP contribution in [0.3, 0.4) is 0 Å². The molecule has 0 radical (unpaired) electrons. The molecule has 0 saturated carbocycles. The maximum Gasteiger partial charge on any atom is 0.285 e. The molecule has 0 aromatic heterocycles. The first-order valence-corrected chi connectivity index (χ1v) is 6.84. The van der Waals surface area contributed by atoms with Crippen molar-refractivity contribution in [2.45, 2.75) is 0 Å². The Morgan fingerprint density at radius 3 is 1.50 bits per heavy atom. The van der Waals surface area contributed by atoms with Crippen LogP contribution in [0.1, 0.15) is 11.1 Å². The van der Waals surface area contributed by atoms with Gasteiger partial charge >= 0.3 is 0 Å². The molecule has 0 fully saturated rings. The van der Waals surface area contributed by atoms with Crippen molar-refractivity contribution in [3.63, 3.8) is 0 Å². The molecule has 2 rings (SSSR count).